The van der Waals surface area contributed by atoms with Gasteiger partial charge >= 0.3 is 0 Å². The van der Waals surface area contributed by atoms with Gasteiger partial charge in [0, 0.05) is 19.8 Å². The number of rotatable bonds is 3. The Morgan fingerprint density at radius 3 is 3.24 bits per heavy atom. The van der Waals surface area contributed by atoms with Crippen LogP contribution in [-0.2, 0) is 0 Å². The zero-order valence-electron chi connectivity index (χ0n) is 10.2. The van der Waals surface area contributed by atoms with Gasteiger partial charge in [-0.3, -0.25) is 0 Å². The normalized spacial score (nSPS) is 19.6. The van der Waals surface area contributed by atoms with Gasteiger partial charge in [-0.15, -0.1) is 0 Å². The molecule has 2 rings (SSSR count). The molecule has 1 saturated heterocycles. The van der Waals surface area contributed by atoms with Crippen molar-refractivity contribution in [1.29, 1.82) is 5.26 Å². The summed E-state index contributed by atoms with van der Waals surface area (Å²) in [5.74, 6) is 1.57. The molecule has 0 amide bonds. The highest BCUT2D eigenvalue weighted by molar-refractivity contribution is 5.44. The van der Waals surface area contributed by atoms with Gasteiger partial charge < -0.3 is 10.2 Å². The standard InChI is InChI=1S/C13H18N4/c1-17(10-12-3-2-5-15-9-12)13-7-11(8-14)4-6-16-13/h4,6-7,12,15H,2-3,5,9-10H2,1H3/t12-/m1/s1. The van der Waals surface area contributed by atoms with E-state index >= 15 is 0 Å². The van der Waals surface area contributed by atoms with E-state index in [1.54, 1.807) is 12.3 Å². The Hall–Kier alpha value is -1.60. The quantitative estimate of drug-likeness (QED) is 0.852. The summed E-state index contributed by atoms with van der Waals surface area (Å²) in [7, 11) is 2.04. The summed E-state index contributed by atoms with van der Waals surface area (Å²) >= 11 is 0. The summed E-state index contributed by atoms with van der Waals surface area (Å²) in [6.07, 6.45) is 4.23. The third-order valence-corrected chi connectivity index (χ3v) is 3.20. The molecular weight excluding hydrogens is 212 g/mol. The third-order valence-electron chi connectivity index (χ3n) is 3.20. The van der Waals surface area contributed by atoms with Crippen LogP contribution >= 0.6 is 0 Å². The molecule has 1 aliphatic heterocycles. The molecule has 4 heteroatoms. The van der Waals surface area contributed by atoms with Gasteiger partial charge in [0.05, 0.1) is 11.6 Å². The van der Waals surface area contributed by atoms with E-state index in [1.807, 2.05) is 13.1 Å². The van der Waals surface area contributed by atoms with Gasteiger partial charge in [-0.25, -0.2) is 4.98 Å². The van der Waals surface area contributed by atoms with E-state index in [0.29, 0.717) is 11.5 Å². The zero-order chi connectivity index (χ0) is 12.1. The van der Waals surface area contributed by atoms with Gasteiger partial charge in [-0.2, -0.15) is 5.26 Å². The molecule has 0 aliphatic carbocycles. The van der Waals surface area contributed by atoms with Crippen LogP contribution in [0.3, 0.4) is 0 Å². The number of hydrogen-bond donors (Lipinski definition) is 1. The summed E-state index contributed by atoms with van der Waals surface area (Å²) in [6.45, 7) is 3.22. The largest absolute Gasteiger partial charge is 0.359 e. The van der Waals surface area contributed by atoms with Crippen molar-refractivity contribution in [2.24, 2.45) is 5.92 Å². The highest BCUT2D eigenvalue weighted by Crippen LogP contribution is 2.16. The van der Waals surface area contributed by atoms with Crippen molar-refractivity contribution < 1.29 is 0 Å². The van der Waals surface area contributed by atoms with E-state index in [4.69, 9.17) is 5.26 Å². The predicted octanol–water partition coefficient (Wildman–Crippen LogP) is 1.39. The molecule has 2 heterocycles. The number of nitrogens with one attached hydrogen (secondary N) is 1. The Kier molecular flexibility index (Phi) is 3.94. The summed E-state index contributed by atoms with van der Waals surface area (Å²) in [4.78, 5) is 6.44. The minimum Gasteiger partial charge on any atom is -0.359 e. The maximum atomic E-state index is 8.86. The minimum atomic E-state index is 0.670. The Morgan fingerprint density at radius 2 is 2.53 bits per heavy atom. The van der Waals surface area contributed by atoms with Crippen LogP contribution in [0.25, 0.3) is 0 Å². The summed E-state index contributed by atoms with van der Waals surface area (Å²) < 4.78 is 0. The Labute approximate surface area is 102 Å². The molecule has 0 spiro atoms. The Morgan fingerprint density at radius 1 is 1.65 bits per heavy atom. The fourth-order valence-corrected chi connectivity index (χ4v) is 2.26. The fraction of sp³-hybridized carbons (Fsp3) is 0.538. The highest BCUT2D eigenvalue weighted by atomic mass is 15.2. The zero-order valence-corrected chi connectivity index (χ0v) is 10.2. The molecule has 4 nitrogen and oxygen atoms in total. The van der Waals surface area contributed by atoms with Crippen molar-refractivity contribution in [2.45, 2.75) is 12.8 Å². The number of aromatic nitrogens is 1. The lowest BCUT2D eigenvalue weighted by molar-refractivity contribution is 0.380. The van der Waals surface area contributed by atoms with Crippen LogP contribution in [0.2, 0.25) is 0 Å². The average molecular weight is 230 g/mol. The first-order valence-electron chi connectivity index (χ1n) is 6.07. The van der Waals surface area contributed by atoms with Crippen LogP contribution in [0.1, 0.15) is 18.4 Å². The van der Waals surface area contributed by atoms with Crippen LogP contribution < -0.4 is 10.2 Å². The fourth-order valence-electron chi connectivity index (χ4n) is 2.26. The van der Waals surface area contributed by atoms with Gasteiger partial charge in [-0.1, -0.05) is 0 Å². The van der Waals surface area contributed by atoms with Gasteiger partial charge in [-0.05, 0) is 44.0 Å². The molecule has 1 N–H and O–H groups in total. The maximum absolute atomic E-state index is 8.86. The first-order chi connectivity index (χ1) is 8.29. The molecule has 1 aromatic heterocycles. The first kappa shape index (κ1) is 11.9. The number of hydrogen-bond acceptors (Lipinski definition) is 4. The second kappa shape index (κ2) is 5.65. The lowest BCUT2D eigenvalue weighted by Crippen LogP contribution is -2.37. The van der Waals surface area contributed by atoms with Crippen molar-refractivity contribution in [1.82, 2.24) is 10.3 Å². The highest BCUT2D eigenvalue weighted by Gasteiger charge is 2.15. The number of anilines is 1. The molecular formula is C13H18N4. The lowest BCUT2D eigenvalue weighted by Gasteiger charge is -2.28. The van der Waals surface area contributed by atoms with Gasteiger partial charge in [0.2, 0.25) is 0 Å². The molecule has 90 valence electrons. The lowest BCUT2D eigenvalue weighted by atomic mass is 9.99. The minimum absolute atomic E-state index is 0.670. The number of piperidine rings is 1. The van der Waals surface area contributed by atoms with E-state index in [9.17, 15) is 0 Å². The topological polar surface area (TPSA) is 52.0 Å². The second-order valence-electron chi connectivity index (χ2n) is 4.61. The molecule has 0 aromatic carbocycles. The van der Waals surface area contributed by atoms with Crippen molar-refractivity contribution in [2.75, 3.05) is 31.6 Å². The number of nitrogens with zero attached hydrogens (tertiary/aromatic N) is 3. The molecule has 0 unspecified atom stereocenters. The van der Waals surface area contributed by atoms with Gasteiger partial charge in [0.15, 0.2) is 0 Å². The van der Waals surface area contributed by atoms with Crippen LogP contribution in [0.5, 0.6) is 0 Å². The predicted molar refractivity (Wildman–Crippen MR) is 67.8 cm³/mol. The number of pyridine rings is 1. The van der Waals surface area contributed by atoms with E-state index in [0.717, 1.165) is 25.5 Å². The molecule has 1 atom stereocenters. The molecule has 0 saturated carbocycles. The SMILES string of the molecule is CN(C[C@@H]1CCCNC1)c1cc(C#N)ccn1. The Bertz CT molecular complexity index is 404. The molecule has 17 heavy (non-hydrogen) atoms. The molecule has 1 fully saturated rings. The molecule has 0 bridgehead atoms. The summed E-state index contributed by atoms with van der Waals surface area (Å²) in [5, 5.41) is 12.3. The molecule has 1 aromatic rings. The van der Waals surface area contributed by atoms with Crippen LogP contribution in [0, 0.1) is 17.2 Å². The van der Waals surface area contributed by atoms with E-state index in [1.165, 1.54) is 12.8 Å². The van der Waals surface area contributed by atoms with Crippen LogP contribution in [0.15, 0.2) is 18.3 Å². The molecule has 1 aliphatic rings. The first-order valence-corrected chi connectivity index (χ1v) is 6.07. The van der Waals surface area contributed by atoms with E-state index in [2.05, 4.69) is 21.3 Å². The van der Waals surface area contributed by atoms with Crippen molar-refractivity contribution in [3.8, 4) is 6.07 Å². The summed E-state index contributed by atoms with van der Waals surface area (Å²) in [6, 6.07) is 5.73. The van der Waals surface area contributed by atoms with Gasteiger partial charge in [0.25, 0.3) is 0 Å². The monoisotopic (exact) mass is 230 g/mol. The third kappa shape index (κ3) is 3.18. The molecule has 0 radical (unpaired) electrons. The van der Waals surface area contributed by atoms with E-state index < -0.39 is 0 Å². The smallest absolute Gasteiger partial charge is 0.129 e. The number of nitriles is 1. The van der Waals surface area contributed by atoms with E-state index in [-0.39, 0.29) is 0 Å². The van der Waals surface area contributed by atoms with Crippen LogP contribution in [0.4, 0.5) is 5.82 Å². The summed E-state index contributed by atoms with van der Waals surface area (Å²) in [5.41, 5.74) is 0.670. The van der Waals surface area contributed by atoms with Crippen molar-refractivity contribution in [3.05, 3.63) is 23.9 Å². The van der Waals surface area contributed by atoms with Crippen LogP contribution in [-0.4, -0.2) is 31.7 Å². The van der Waals surface area contributed by atoms with Gasteiger partial charge in [0.1, 0.15) is 5.82 Å². The van der Waals surface area contributed by atoms with Crippen molar-refractivity contribution >= 4 is 5.82 Å². The van der Waals surface area contributed by atoms with Crippen molar-refractivity contribution in [3.63, 3.8) is 0 Å². The average Bonchev–Trinajstić information content (AvgIpc) is 2.40. The second-order valence-corrected chi connectivity index (χ2v) is 4.61. The maximum Gasteiger partial charge on any atom is 0.129 e. The Balaban J connectivity index is 1.98.